The maximum Gasteiger partial charge on any atom is 0.255 e. The lowest BCUT2D eigenvalue weighted by molar-refractivity contribution is -0.129. The third-order valence-electron chi connectivity index (χ3n) is 5.29. The second kappa shape index (κ2) is 7.88. The monoisotopic (exact) mass is 380 g/mol. The van der Waals surface area contributed by atoms with Crippen molar-refractivity contribution in [3.8, 4) is 5.75 Å². The number of nitrogens with zero attached hydrogens (tertiary/aromatic N) is 3. The van der Waals surface area contributed by atoms with Gasteiger partial charge in [0.05, 0.1) is 12.2 Å². The van der Waals surface area contributed by atoms with E-state index in [1.807, 2.05) is 29.2 Å². The third kappa shape index (κ3) is 3.65. The number of carbonyl (C=O) groups excluding carboxylic acids is 2. The molecule has 0 bridgehead atoms. The molecule has 2 aliphatic rings. The Labute approximate surface area is 164 Å². The summed E-state index contributed by atoms with van der Waals surface area (Å²) in [5.41, 5.74) is 2.62. The first kappa shape index (κ1) is 18.3. The number of anilines is 1. The van der Waals surface area contributed by atoms with E-state index in [-0.39, 0.29) is 11.8 Å². The number of rotatable bonds is 4. The molecule has 1 aromatic heterocycles. The van der Waals surface area contributed by atoms with Gasteiger partial charge in [0.15, 0.2) is 0 Å². The first-order valence-corrected chi connectivity index (χ1v) is 9.60. The van der Waals surface area contributed by atoms with E-state index in [1.54, 1.807) is 19.2 Å². The Morgan fingerprint density at radius 3 is 2.75 bits per heavy atom. The Hall–Kier alpha value is -3.09. The van der Waals surface area contributed by atoms with Gasteiger partial charge in [0.1, 0.15) is 11.6 Å². The van der Waals surface area contributed by atoms with Gasteiger partial charge in [-0.05, 0) is 17.7 Å². The Kier molecular flexibility index (Phi) is 5.14. The number of benzene rings is 1. The van der Waals surface area contributed by atoms with Crippen LogP contribution in [-0.2, 0) is 17.8 Å². The van der Waals surface area contributed by atoms with Crippen molar-refractivity contribution >= 4 is 17.6 Å². The molecule has 4 rings (SSSR count). The summed E-state index contributed by atoms with van der Waals surface area (Å²) in [4.78, 5) is 32.8. The predicted molar refractivity (Wildman–Crippen MR) is 106 cm³/mol. The van der Waals surface area contributed by atoms with Crippen molar-refractivity contribution in [2.45, 2.75) is 19.9 Å². The number of aromatic nitrogens is 1. The van der Waals surface area contributed by atoms with Gasteiger partial charge in [0.25, 0.3) is 5.91 Å². The van der Waals surface area contributed by atoms with Gasteiger partial charge in [0.2, 0.25) is 5.91 Å². The summed E-state index contributed by atoms with van der Waals surface area (Å²) in [5.74, 6) is 1.52. The van der Waals surface area contributed by atoms with E-state index in [4.69, 9.17) is 4.74 Å². The molecular formula is C21H24N4O3. The van der Waals surface area contributed by atoms with Gasteiger partial charge < -0.3 is 19.9 Å². The van der Waals surface area contributed by atoms with Crippen LogP contribution in [0.2, 0.25) is 0 Å². The molecule has 0 atom stereocenters. The maximum atomic E-state index is 12.7. The van der Waals surface area contributed by atoms with Crippen LogP contribution >= 0.6 is 0 Å². The lowest BCUT2D eigenvalue weighted by atomic mass is 10.1. The zero-order valence-corrected chi connectivity index (χ0v) is 16.0. The van der Waals surface area contributed by atoms with Crippen molar-refractivity contribution in [1.82, 2.24) is 15.2 Å². The van der Waals surface area contributed by atoms with Gasteiger partial charge >= 0.3 is 0 Å². The Balaban J connectivity index is 1.44. The van der Waals surface area contributed by atoms with Gasteiger partial charge in [0, 0.05) is 57.8 Å². The minimum Gasteiger partial charge on any atom is -0.492 e. The number of hydrogen-bond acceptors (Lipinski definition) is 5. The lowest BCUT2D eigenvalue weighted by Gasteiger charge is -2.35. The van der Waals surface area contributed by atoms with Crippen molar-refractivity contribution in [3.05, 3.63) is 53.2 Å². The third-order valence-corrected chi connectivity index (χ3v) is 5.29. The van der Waals surface area contributed by atoms with Gasteiger partial charge in [-0.1, -0.05) is 18.2 Å². The highest BCUT2D eigenvalue weighted by atomic mass is 16.5. The van der Waals surface area contributed by atoms with Crippen LogP contribution in [0.3, 0.4) is 0 Å². The molecule has 7 heteroatoms. The molecule has 0 spiro atoms. The lowest BCUT2D eigenvalue weighted by Crippen LogP contribution is -2.48. The highest BCUT2D eigenvalue weighted by molar-refractivity contribution is 5.97. The van der Waals surface area contributed by atoms with Crippen molar-refractivity contribution in [2.24, 2.45) is 0 Å². The maximum absolute atomic E-state index is 12.7. The number of hydrogen-bond donors (Lipinski definition) is 1. The molecular weight excluding hydrogens is 356 g/mol. The number of nitrogens with one attached hydrogen (secondary N) is 1. The number of fused-ring (bicyclic) bond motifs is 1. The first-order valence-electron chi connectivity index (χ1n) is 9.60. The quantitative estimate of drug-likeness (QED) is 0.872. The summed E-state index contributed by atoms with van der Waals surface area (Å²) in [5, 5.41) is 3.00. The summed E-state index contributed by atoms with van der Waals surface area (Å²) in [6.45, 7) is 5.45. The van der Waals surface area contributed by atoms with Crippen LogP contribution in [0, 0.1) is 0 Å². The Morgan fingerprint density at radius 1 is 1.14 bits per heavy atom. The molecule has 2 aromatic rings. The summed E-state index contributed by atoms with van der Waals surface area (Å²) >= 11 is 0. The van der Waals surface area contributed by atoms with Crippen molar-refractivity contribution < 1.29 is 14.3 Å². The number of pyridine rings is 1. The molecule has 2 aliphatic heterocycles. The molecule has 28 heavy (non-hydrogen) atoms. The zero-order chi connectivity index (χ0) is 19.5. The largest absolute Gasteiger partial charge is 0.492 e. The minimum absolute atomic E-state index is 0.103. The predicted octanol–water partition coefficient (Wildman–Crippen LogP) is 1.61. The van der Waals surface area contributed by atoms with Crippen LogP contribution in [0.15, 0.2) is 36.5 Å². The van der Waals surface area contributed by atoms with Crippen molar-refractivity contribution in [1.29, 1.82) is 0 Å². The minimum atomic E-state index is -0.144. The Bertz CT molecular complexity index is 891. The van der Waals surface area contributed by atoms with E-state index in [2.05, 4.69) is 15.2 Å². The van der Waals surface area contributed by atoms with Crippen LogP contribution in [0.5, 0.6) is 5.75 Å². The van der Waals surface area contributed by atoms with Crippen LogP contribution in [0.1, 0.15) is 28.4 Å². The molecule has 7 nitrogen and oxygen atoms in total. The summed E-state index contributed by atoms with van der Waals surface area (Å²) in [6.07, 6.45) is 2.60. The average molecular weight is 380 g/mol. The second-order valence-electron chi connectivity index (χ2n) is 7.05. The number of amides is 2. The first-order chi connectivity index (χ1) is 13.6. The fraction of sp³-hybridized carbons (Fsp3) is 0.381. The number of ether oxygens (including phenoxy) is 1. The fourth-order valence-electron chi connectivity index (χ4n) is 3.75. The standard InChI is InChI=1S/C21H24N4O3/c1-15(26)24-9-11-25(12-10-24)20-17(5-3-8-22-20)14-23-21(27)18-6-2-4-16-7-13-28-19(16)18/h2-6,8H,7,9-14H2,1H3,(H,23,27). The summed E-state index contributed by atoms with van der Waals surface area (Å²) in [7, 11) is 0. The molecule has 1 N–H and O–H groups in total. The molecule has 0 unspecified atom stereocenters. The van der Waals surface area contributed by atoms with Gasteiger partial charge in [-0.3, -0.25) is 9.59 Å². The Morgan fingerprint density at radius 2 is 1.96 bits per heavy atom. The van der Waals surface area contributed by atoms with Crippen molar-refractivity contribution in [3.63, 3.8) is 0 Å². The molecule has 1 saturated heterocycles. The van der Waals surface area contributed by atoms with Crippen LogP contribution in [0.4, 0.5) is 5.82 Å². The van der Waals surface area contributed by atoms with E-state index in [0.717, 1.165) is 36.5 Å². The van der Waals surface area contributed by atoms with E-state index in [1.165, 1.54) is 0 Å². The normalized spacial score (nSPS) is 15.8. The van der Waals surface area contributed by atoms with E-state index < -0.39 is 0 Å². The highest BCUT2D eigenvalue weighted by Gasteiger charge is 2.23. The highest BCUT2D eigenvalue weighted by Crippen LogP contribution is 2.29. The van der Waals surface area contributed by atoms with Crippen LogP contribution in [0.25, 0.3) is 0 Å². The summed E-state index contributed by atoms with van der Waals surface area (Å²) < 4.78 is 5.64. The fourth-order valence-corrected chi connectivity index (χ4v) is 3.75. The average Bonchev–Trinajstić information content (AvgIpc) is 3.21. The summed E-state index contributed by atoms with van der Waals surface area (Å²) in [6, 6.07) is 9.54. The van der Waals surface area contributed by atoms with Gasteiger partial charge in [-0.2, -0.15) is 0 Å². The molecule has 0 saturated carbocycles. The molecule has 1 fully saturated rings. The topological polar surface area (TPSA) is 74.8 Å². The molecule has 2 amide bonds. The second-order valence-corrected chi connectivity index (χ2v) is 7.05. The van der Waals surface area contributed by atoms with E-state index in [0.29, 0.717) is 37.6 Å². The molecule has 3 heterocycles. The number of piperazine rings is 1. The molecule has 146 valence electrons. The van der Waals surface area contributed by atoms with E-state index >= 15 is 0 Å². The van der Waals surface area contributed by atoms with Crippen molar-refractivity contribution in [2.75, 3.05) is 37.7 Å². The number of carbonyl (C=O) groups is 2. The molecule has 0 radical (unpaired) electrons. The van der Waals surface area contributed by atoms with Gasteiger partial charge in [-0.25, -0.2) is 4.98 Å². The SMILES string of the molecule is CC(=O)N1CCN(c2ncccc2CNC(=O)c2cccc3c2OCC3)CC1. The molecule has 1 aromatic carbocycles. The molecule has 0 aliphatic carbocycles. The van der Waals surface area contributed by atoms with Gasteiger partial charge in [-0.15, -0.1) is 0 Å². The zero-order valence-electron chi connectivity index (χ0n) is 16.0. The van der Waals surface area contributed by atoms with E-state index in [9.17, 15) is 9.59 Å². The number of para-hydroxylation sites is 1. The van der Waals surface area contributed by atoms with Crippen LogP contribution < -0.4 is 15.0 Å². The smallest absolute Gasteiger partial charge is 0.255 e. The van der Waals surface area contributed by atoms with Crippen LogP contribution in [-0.4, -0.2) is 54.5 Å².